The first-order valence-corrected chi connectivity index (χ1v) is 9.27. The maximum Gasteiger partial charge on any atom is 0.416 e. The monoisotopic (exact) mass is 413 g/mol. The molecule has 154 valence electrons. The van der Waals surface area contributed by atoms with Crippen LogP contribution in [0.1, 0.15) is 27.2 Å². The summed E-state index contributed by atoms with van der Waals surface area (Å²) in [6.45, 7) is 0.975. The number of nitrogen functional groups attached to an aromatic ring is 1. The van der Waals surface area contributed by atoms with Crippen LogP contribution in [0.4, 0.5) is 18.9 Å². The van der Waals surface area contributed by atoms with E-state index >= 15 is 0 Å². The number of ether oxygens (including phenoxy) is 1. The van der Waals surface area contributed by atoms with E-state index in [0.29, 0.717) is 42.4 Å². The standard InChI is InChI=1S/C22H18F3N3O2/c23-22(24,25)16-2-6-18(7-3-16)30-19-5-1-15-13-28(10-9-14(15)11-19)21(29)20-8-4-17(26)12-27-20/h1-8,11-12H,9-10,13,26H2. The Morgan fingerprint density at radius 2 is 1.73 bits per heavy atom. The Kier molecular flexibility index (Phi) is 5.07. The van der Waals surface area contributed by atoms with Crippen molar-refractivity contribution < 1.29 is 22.7 Å². The van der Waals surface area contributed by atoms with Crippen molar-refractivity contribution in [1.29, 1.82) is 0 Å². The van der Waals surface area contributed by atoms with Crippen LogP contribution in [0.5, 0.6) is 11.5 Å². The lowest BCUT2D eigenvalue weighted by atomic mass is 9.99. The number of benzene rings is 2. The second kappa shape index (κ2) is 7.70. The van der Waals surface area contributed by atoms with Gasteiger partial charge in [0, 0.05) is 13.1 Å². The van der Waals surface area contributed by atoms with Crippen molar-refractivity contribution in [3.63, 3.8) is 0 Å². The van der Waals surface area contributed by atoms with Crippen LogP contribution in [-0.4, -0.2) is 22.3 Å². The van der Waals surface area contributed by atoms with Crippen molar-refractivity contribution in [1.82, 2.24) is 9.88 Å². The molecule has 0 saturated carbocycles. The summed E-state index contributed by atoms with van der Waals surface area (Å²) in [7, 11) is 0. The number of anilines is 1. The summed E-state index contributed by atoms with van der Waals surface area (Å²) < 4.78 is 43.7. The van der Waals surface area contributed by atoms with Gasteiger partial charge in [-0.05, 0) is 66.1 Å². The predicted molar refractivity (Wildman–Crippen MR) is 105 cm³/mol. The first-order valence-electron chi connectivity index (χ1n) is 9.27. The van der Waals surface area contributed by atoms with Gasteiger partial charge in [0.1, 0.15) is 17.2 Å². The highest BCUT2D eigenvalue weighted by Crippen LogP contribution is 2.32. The number of hydrogen-bond acceptors (Lipinski definition) is 4. The third-order valence-electron chi connectivity index (χ3n) is 4.90. The van der Waals surface area contributed by atoms with E-state index in [-0.39, 0.29) is 5.91 Å². The van der Waals surface area contributed by atoms with Gasteiger partial charge in [-0.15, -0.1) is 0 Å². The molecule has 2 aromatic carbocycles. The van der Waals surface area contributed by atoms with E-state index in [4.69, 9.17) is 10.5 Å². The van der Waals surface area contributed by atoms with Crippen LogP contribution in [0, 0.1) is 0 Å². The van der Waals surface area contributed by atoms with Gasteiger partial charge in [-0.3, -0.25) is 4.79 Å². The zero-order valence-electron chi connectivity index (χ0n) is 15.8. The van der Waals surface area contributed by atoms with Gasteiger partial charge in [0.2, 0.25) is 0 Å². The smallest absolute Gasteiger partial charge is 0.416 e. The fraction of sp³-hybridized carbons (Fsp3) is 0.182. The topological polar surface area (TPSA) is 68.5 Å². The summed E-state index contributed by atoms with van der Waals surface area (Å²) in [5.74, 6) is 0.698. The Bertz CT molecular complexity index is 1060. The first kappa shape index (κ1) is 19.8. The molecule has 3 aromatic rings. The van der Waals surface area contributed by atoms with Gasteiger partial charge in [-0.1, -0.05) is 6.07 Å². The average molecular weight is 413 g/mol. The third-order valence-corrected chi connectivity index (χ3v) is 4.90. The lowest BCUT2D eigenvalue weighted by Crippen LogP contribution is -2.36. The van der Waals surface area contributed by atoms with Crippen LogP contribution in [0.3, 0.4) is 0 Å². The first-order chi connectivity index (χ1) is 14.3. The SMILES string of the molecule is Nc1ccc(C(=O)N2CCc3cc(Oc4ccc(C(F)(F)F)cc4)ccc3C2)nc1. The number of carbonyl (C=O) groups excluding carboxylic acids is 1. The summed E-state index contributed by atoms with van der Waals surface area (Å²) in [6.07, 6.45) is -2.29. The predicted octanol–water partition coefficient (Wildman–Crippen LogP) is 4.67. The summed E-state index contributed by atoms with van der Waals surface area (Å²) in [5.41, 5.74) is 7.76. The fourth-order valence-corrected chi connectivity index (χ4v) is 3.31. The Morgan fingerprint density at radius 1 is 1.00 bits per heavy atom. The molecular weight excluding hydrogens is 395 g/mol. The van der Waals surface area contributed by atoms with Gasteiger partial charge in [0.15, 0.2) is 0 Å². The highest BCUT2D eigenvalue weighted by Gasteiger charge is 2.30. The lowest BCUT2D eigenvalue weighted by Gasteiger charge is -2.29. The number of fused-ring (bicyclic) bond motifs is 1. The second-order valence-corrected chi connectivity index (χ2v) is 7.01. The van der Waals surface area contributed by atoms with Crippen molar-refractivity contribution >= 4 is 11.6 Å². The van der Waals surface area contributed by atoms with Crippen LogP contribution in [0.15, 0.2) is 60.8 Å². The normalized spacial score (nSPS) is 13.6. The molecule has 0 bridgehead atoms. The molecule has 0 atom stereocenters. The summed E-state index contributed by atoms with van der Waals surface area (Å²) in [6, 6.07) is 13.3. The van der Waals surface area contributed by atoms with Gasteiger partial charge in [0.05, 0.1) is 17.4 Å². The zero-order valence-corrected chi connectivity index (χ0v) is 15.8. The van der Waals surface area contributed by atoms with E-state index in [1.807, 2.05) is 12.1 Å². The van der Waals surface area contributed by atoms with E-state index in [9.17, 15) is 18.0 Å². The van der Waals surface area contributed by atoms with Crippen LogP contribution >= 0.6 is 0 Å². The Labute approximate surface area is 170 Å². The number of nitrogens with two attached hydrogens (primary N) is 1. The summed E-state index contributed by atoms with van der Waals surface area (Å²) in [5, 5.41) is 0. The minimum Gasteiger partial charge on any atom is -0.457 e. The number of halogens is 3. The zero-order chi connectivity index (χ0) is 21.3. The fourth-order valence-electron chi connectivity index (χ4n) is 3.31. The number of carbonyl (C=O) groups is 1. The van der Waals surface area contributed by atoms with Crippen LogP contribution in [-0.2, 0) is 19.1 Å². The molecule has 0 saturated heterocycles. The molecule has 0 spiro atoms. The van der Waals surface area contributed by atoms with Crippen molar-refractivity contribution in [3.8, 4) is 11.5 Å². The number of pyridine rings is 1. The van der Waals surface area contributed by atoms with Gasteiger partial charge >= 0.3 is 6.18 Å². The molecule has 30 heavy (non-hydrogen) atoms. The molecule has 2 heterocycles. The molecule has 1 amide bonds. The Balaban J connectivity index is 1.45. The van der Waals surface area contributed by atoms with Gasteiger partial charge < -0.3 is 15.4 Å². The highest BCUT2D eigenvalue weighted by molar-refractivity contribution is 5.92. The number of hydrogen-bond donors (Lipinski definition) is 1. The molecule has 0 aliphatic carbocycles. The van der Waals surface area contributed by atoms with Crippen LogP contribution in [0.25, 0.3) is 0 Å². The van der Waals surface area contributed by atoms with E-state index in [2.05, 4.69) is 4.98 Å². The van der Waals surface area contributed by atoms with Crippen molar-refractivity contribution in [2.75, 3.05) is 12.3 Å². The second-order valence-electron chi connectivity index (χ2n) is 7.01. The molecule has 5 nitrogen and oxygen atoms in total. The molecule has 4 rings (SSSR count). The van der Waals surface area contributed by atoms with E-state index in [0.717, 1.165) is 23.3 Å². The number of alkyl halides is 3. The molecular formula is C22H18F3N3O2. The Morgan fingerprint density at radius 3 is 2.40 bits per heavy atom. The molecule has 2 N–H and O–H groups in total. The van der Waals surface area contributed by atoms with E-state index < -0.39 is 11.7 Å². The van der Waals surface area contributed by atoms with Gasteiger partial charge in [-0.2, -0.15) is 13.2 Å². The van der Waals surface area contributed by atoms with Crippen LogP contribution in [0.2, 0.25) is 0 Å². The van der Waals surface area contributed by atoms with Crippen molar-refractivity contribution in [2.45, 2.75) is 19.1 Å². The molecule has 8 heteroatoms. The lowest BCUT2D eigenvalue weighted by molar-refractivity contribution is -0.137. The number of aromatic nitrogens is 1. The number of amides is 1. The van der Waals surface area contributed by atoms with Gasteiger partial charge in [-0.25, -0.2) is 4.98 Å². The summed E-state index contributed by atoms with van der Waals surface area (Å²) >= 11 is 0. The molecule has 1 aliphatic heterocycles. The number of nitrogens with zero attached hydrogens (tertiary/aromatic N) is 2. The molecule has 1 aromatic heterocycles. The quantitative estimate of drug-likeness (QED) is 0.677. The van der Waals surface area contributed by atoms with Crippen molar-refractivity contribution in [3.05, 3.63) is 83.2 Å². The van der Waals surface area contributed by atoms with E-state index in [1.54, 1.807) is 23.1 Å². The minimum atomic E-state index is -4.38. The van der Waals surface area contributed by atoms with Crippen LogP contribution < -0.4 is 10.5 Å². The highest BCUT2D eigenvalue weighted by atomic mass is 19.4. The number of rotatable bonds is 3. The maximum atomic E-state index is 12.7. The molecule has 0 radical (unpaired) electrons. The van der Waals surface area contributed by atoms with Crippen molar-refractivity contribution in [2.24, 2.45) is 0 Å². The largest absolute Gasteiger partial charge is 0.457 e. The summed E-state index contributed by atoms with van der Waals surface area (Å²) in [4.78, 5) is 18.4. The van der Waals surface area contributed by atoms with Gasteiger partial charge in [0.25, 0.3) is 5.91 Å². The average Bonchev–Trinajstić information content (AvgIpc) is 2.73. The molecule has 0 unspecified atom stereocenters. The van der Waals surface area contributed by atoms with E-state index in [1.165, 1.54) is 18.3 Å². The third kappa shape index (κ3) is 4.22. The Hall–Kier alpha value is -3.55. The maximum absolute atomic E-state index is 12.7. The minimum absolute atomic E-state index is 0.161. The molecule has 1 aliphatic rings. The molecule has 0 fully saturated rings.